The first kappa shape index (κ1) is 10.8. The van der Waals surface area contributed by atoms with E-state index in [1.165, 1.54) is 6.92 Å². The van der Waals surface area contributed by atoms with Crippen LogP contribution < -0.4 is 0 Å². The normalized spacial score (nSPS) is 15.5. The van der Waals surface area contributed by atoms with Gasteiger partial charge in [0.2, 0.25) is 0 Å². The summed E-state index contributed by atoms with van der Waals surface area (Å²) in [6, 6.07) is 4.93. The molecule has 0 bridgehead atoms. The molecule has 2 atom stereocenters. The van der Waals surface area contributed by atoms with Crippen molar-refractivity contribution in [2.24, 2.45) is 0 Å². The van der Waals surface area contributed by atoms with E-state index < -0.39 is 12.2 Å². The van der Waals surface area contributed by atoms with Gasteiger partial charge in [0.1, 0.15) is 6.10 Å². The summed E-state index contributed by atoms with van der Waals surface area (Å²) in [5.41, 5.74) is 0.448. The largest absolute Gasteiger partial charge is 0.390 e. The van der Waals surface area contributed by atoms with Crippen molar-refractivity contribution in [3.8, 4) is 0 Å². The van der Waals surface area contributed by atoms with Crippen molar-refractivity contribution in [3.05, 3.63) is 33.8 Å². The summed E-state index contributed by atoms with van der Waals surface area (Å²) in [4.78, 5) is 0. The number of aliphatic hydroxyl groups excluding tert-OH is 2. The number of rotatable bonds is 2. The lowest BCUT2D eigenvalue weighted by Gasteiger charge is -2.15. The van der Waals surface area contributed by atoms with E-state index in [0.717, 1.165) is 0 Å². The zero-order chi connectivity index (χ0) is 10.0. The molecule has 0 aliphatic rings. The molecule has 1 aromatic carbocycles. The molecule has 1 rings (SSSR count). The summed E-state index contributed by atoms with van der Waals surface area (Å²) in [5, 5.41) is 19.3. The molecule has 1 unspecified atom stereocenters. The van der Waals surface area contributed by atoms with Gasteiger partial charge in [-0.25, -0.2) is 0 Å². The van der Waals surface area contributed by atoms with Gasteiger partial charge in [-0.1, -0.05) is 35.3 Å². The minimum atomic E-state index is -0.994. The maximum Gasteiger partial charge on any atom is 0.106 e. The number of hydrogen-bond acceptors (Lipinski definition) is 2. The third kappa shape index (κ3) is 2.35. The minimum absolute atomic E-state index is 0.289. The highest BCUT2D eigenvalue weighted by Crippen LogP contribution is 2.30. The number of aliphatic hydroxyl groups is 2. The fourth-order valence-corrected chi connectivity index (χ4v) is 1.43. The summed E-state index contributed by atoms with van der Waals surface area (Å²) in [6.07, 6.45) is -1.86. The molecule has 0 spiro atoms. The van der Waals surface area contributed by atoms with Crippen LogP contribution in [0.25, 0.3) is 0 Å². The van der Waals surface area contributed by atoms with E-state index in [4.69, 9.17) is 28.3 Å². The van der Waals surface area contributed by atoms with Crippen LogP contribution >= 0.6 is 23.2 Å². The first-order valence-corrected chi connectivity index (χ1v) is 4.59. The van der Waals surface area contributed by atoms with Gasteiger partial charge in [0.25, 0.3) is 0 Å². The molecule has 0 aliphatic carbocycles. The van der Waals surface area contributed by atoms with Crippen molar-refractivity contribution in [2.45, 2.75) is 19.1 Å². The Balaban J connectivity index is 3.07. The molecule has 2 nitrogen and oxygen atoms in total. The second-order valence-corrected chi connectivity index (χ2v) is 3.61. The van der Waals surface area contributed by atoms with Gasteiger partial charge in [-0.2, -0.15) is 0 Å². The van der Waals surface area contributed by atoms with Gasteiger partial charge >= 0.3 is 0 Å². The topological polar surface area (TPSA) is 40.5 Å². The maximum absolute atomic E-state index is 9.51. The first-order chi connectivity index (χ1) is 6.04. The highest BCUT2D eigenvalue weighted by Gasteiger charge is 2.17. The summed E-state index contributed by atoms with van der Waals surface area (Å²) in [5.74, 6) is 0. The molecule has 0 amide bonds. The Morgan fingerprint density at radius 1 is 1.23 bits per heavy atom. The molecule has 0 radical (unpaired) electrons. The van der Waals surface area contributed by atoms with Crippen LogP contribution in [0, 0.1) is 0 Å². The van der Waals surface area contributed by atoms with E-state index in [9.17, 15) is 5.11 Å². The average Bonchev–Trinajstić information content (AvgIpc) is 2.08. The highest BCUT2D eigenvalue weighted by atomic mass is 35.5. The zero-order valence-corrected chi connectivity index (χ0v) is 8.55. The Kier molecular flexibility index (Phi) is 3.56. The molecule has 0 saturated heterocycles. The van der Waals surface area contributed by atoms with Crippen LogP contribution in [0.3, 0.4) is 0 Å². The molecule has 4 heteroatoms. The molecule has 72 valence electrons. The van der Waals surface area contributed by atoms with Crippen LogP contribution in [0.15, 0.2) is 18.2 Å². The van der Waals surface area contributed by atoms with E-state index >= 15 is 0 Å². The summed E-state index contributed by atoms with van der Waals surface area (Å²) in [7, 11) is 0. The standard InChI is InChI=1S/C9H10Cl2O2/c1-5(12)9(13)6-3-2-4-7(10)8(6)11/h2-5,9,12-13H,1H3/t5?,9-/m1/s1. The predicted octanol–water partition coefficient (Wildman–Crippen LogP) is 2.41. The molecule has 13 heavy (non-hydrogen) atoms. The van der Waals surface area contributed by atoms with Gasteiger partial charge in [-0.05, 0) is 13.0 Å². The Hall–Kier alpha value is -0.280. The van der Waals surface area contributed by atoms with Crippen molar-refractivity contribution >= 4 is 23.2 Å². The average molecular weight is 221 g/mol. The number of halogens is 2. The van der Waals surface area contributed by atoms with E-state index in [2.05, 4.69) is 0 Å². The van der Waals surface area contributed by atoms with Crippen LogP contribution in [0.5, 0.6) is 0 Å². The lowest BCUT2D eigenvalue weighted by molar-refractivity contribution is 0.0306. The van der Waals surface area contributed by atoms with Gasteiger partial charge in [0.05, 0.1) is 16.1 Å². The monoisotopic (exact) mass is 220 g/mol. The van der Waals surface area contributed by atoms with E-state index in [-0.39, 0.29) is 5.02 Å². The third-order valence-corrected chi connectivity index (χ3v) is 2.59. The highest BCUT2D eigenvalue weighted by molar-refractivity contribution is 6.42. The smallest absolute Gasteiger partial charge is 0.106 e. The molecule has 0 fully saturated rings. The SMILES string of the molecule is CC(O)[C@@H](O)c1cccc(Cl)c1Cl. The van der Waals surface area contributed by atoms with Gasteiger partial charge in [-0.3, -0.25) is 0 Å². The molecule has 2 N–H and O–H groups in total. The van der Waals surface area contributed by atoms with E-state index in [0.29, 0.717) is 10.6 Å². The van der Waals surface area contributed by atoms with Crippen molar-refractivity contribution in [1.82, 2.24) is 0 Å². The Bertz CT molecular complexity index is 300. The van der Waals surface area contributed by atoms with Gasteiger partial charge in [0, 0.05) is 5.56 Å². The van der Waals surface area contributed by atoms with Gasteiger partial charge in [-0.15, -0.1) is 0 Å². The van der Waals surface area contributed by atoms with Crippen LogP contribution in [0.1, 0.15) is 18.6 Å². The van der Waals surface area contributed by atoms with Crippen LogP contribution in [-0.4, -0.2) is 16.3 Å². The number of hydrogen-bond donors (Lipinski definition) is 2. The van der Waals surface area contributed by atoms with Gasteiger partial charge < -0.3 is 10.2 Å². The fraction of sp³-hybridized carbons (Fsp3) is 0.333. The number of benzene rings is 1. The molecular formula is C9H10Cl2O2. The van der Waals surface area contributed by atoms with Crippen molar-refractivity contribution in [3.63, 3.8) is 0 Å². The van der Waals surface area contributed by atoms with Gasteiger partial charge in [0.15, 0.2) is 0 Å². The quantitative estimate of drug-likeness (QED) is 0.804. The predicted molar refractivity (Wildman–Crippen MR) is 53.1 cm³/mol. The second-order valence-electron chi connectivity index (χ2n) is 2.83. The molecule has 0 aromatic heterocycles. The van der Waals surface area contributed by atoms with Crippen molar-refractivity contribution < 1.29 is 10.2 Å². The maximum atomic E-state index is 9.51. The van der Waals surface area contributed by atoms with Crippen LogP contribution in [-0.2, 0) is 0 Å². The Labute approximate surface area is 86.7 Å². The molecule has 0 heterocycles. The third-order valence-electron chi connectivity index (χ3n) is 1.76. The molecule has 0 aliphatic heterocycles. The lowest BCUT2D eigenvalue weighted by atomic mass is 10.1. The zero-order valence-electron chi connectivity index (χ0n) is 7.04. The lowest BCUT2D eigenvalue weighted by Crippen LogP contribution is -2.14. The Morgan fingerprint density at radius 2 is 1.85 bits per heavy atom. The molecular weight excluding hydrogens is 211 g/mol. The summed E-state index contributed by atoms with van der Waals surface area (Å²) in [6.45, 7) is 1.49. The summed E-state index contributed by atoms with van der Waals surface area (Å²) < 4.78 is 0. The second kappa shape index (κ2) is 4.29. The van der Waals surface area contributed by atoms with E-state index in [1.54, 1.807) is 18.2 Å². The van der Waals surface area contributed by atoms with Crippen molar-refractivity contribution in [1.29, 1.82) is 0 Å². The van der Waals surface area contributed by atoms with Crippen LogP contribution in [0.4, 0.5) is 0 Å². The fourth-order valence-electron chi connectivity index (χ4n) is 1.01. The first-order valence-electron chi connectivity index (χ1n) is 3.84. The van der Waals surface area contributed by atoms with Crippen LogP contribution in [0.2, 0.25) is 10.0 Å². The van der Waals surface area contributed by atoms with E-state index in [1.807, 2.05) is 0 Å². The van der Waals surface area contributed by atoms with Crippen molar-refractivity contribution in [2.75, 3.05) is 0 Å². The minimum Gasteiger partial charge on any atom is -0.390 e. The molecule has 1 aromatic rings. The Morgan fingerprint density at radius 3 is 2.38 bits per heavy atom. The summed E-state index contributed by atoms with van der Waals surface area (Å²) >= 11 is 11.6. The molecule has 0 saturated carbocycles.